The van der Waals surface area contributed by atoms with E-state index in [1.807, 2.05) is 6.92 Å². The third-order valence-electron chi connectivity index (χ3n) is 3.80. The maximum atomic E-state index is 12.0. The van der Waals surface area contributed by atoms with Crippen LogP contribution < -0.4 is 0 Å². The van der Waals surface area contributed by atoms with Crippen molar-refractivity contribution < 1.29 is 9.53 Å². The van der Waals surface area contributed by atoms with Crippen LogP contribution in [0.2, 0.25) is 5.15 Å². The SMILES string of the molecule is CCCCn1nc(C)c(C=CC(=O)OCc2ncnn2CC(C)C)c1Cl. The van der Waals surface area contributed by atoms with E-state index in [1.165, 1.54) is 12.4 Å². The Bertz CT molecular complexity index is 764. The molecule has 0 amide bonds. The van der Waals surface area contributed by atoms with Crippen LogP contribution in [0.25, 0.3) is 6.08 Å². The summed E-state index contributed by atoms with van der Waals surface area (Å²) in [5.41, 5.74) is 1.52. The number of hydrogen-bond donors (Lipinski definition) is 0. The molecule has 0 fully saturated rings. The highest BCUT2D eigenvalue weighted by molar-refractivity contribution is 6.31. The Balaban J connectivity index is 1.96. The summed E-state index contributed by atoms with van der Waals surface area (Å²) >= 11 is 6.35. The van der Waals surface area contributed by atoms with E-state index in [1.54, 1.807) is 15.4 Å². The molecule has 0 atom stereocenters. The van der Waals surface area contributed by atoms with E-state index in [0.717, 1.165) is 37.2 Å². The zero-order chi connectivity index (χ0) is 19.1. The predicted molar refractivity (Wildman–Crippen MR) is 101 cm³/mol. The number of carbonyl (C=O) groups excluding carboxylic acids is 1. The summed E-state index contributed by atoms with van der Waals surface area (Å²) in [5.74, 6) is 0.600. The minimum absolute atomic E-state index is 0.0817. The zero-order valence-corrected chi connectivity index (χ0v) is 16.5. The first-order chi connectivity index (χ1) is 12.4. The van der Waals surface area contributed by atoms with E-state index < -0.39 is 5.97 Å². The van der Waals surface area contributed by atoms with Crippen molar-refractivity contribution in [3.8, 4) is 0 Å². The van der Waals surface area contributed by atoms with Crippen molar-refractivity contribution in [2.75, 3.05) is 0 Å². The van der Waals surface area contributed by atoms with Crippen LogP contribution in [-0.2, 0) is 29.2 Å². The van der Waals surface area contributed by atoms with E-state index in [9.17, 15) is 4.79 Å². The summed E-state index contributed by atoms with van der Waals surface area (Å²) in [4.78, 5) is 16.1. The number of aromatic nitrogens is 5. The van der Waals surface area contributed by atoms with Crippen LogP contribution in [0.3, 0.4) is 0 Å². The molecule has 0 aromatic carbocycles. The molecule has 2 heterocycles. The molecule has 0 radical (unpaired) electrons. The average molecular weight is 380 g/mol. The Morgan fingerprint density at radius 3 is 2.85 bits per heavy atom. The van der Waals surface area contributed by atoms with E-state index in [-0.39, 0.29) is 6.61 Å². The number of halogens is 1. The first-order valence-corrected chi connectivity index (χ1v) is 9.24. The fourth-order valence-electron chi connectivity index (χ4n) is 2.45. The van der Waals surface area contributed by atoms with Gasteiger partial charge in [-0.15, -0.1) is 0 Å². The second-order valence-electron chi connectivity index (χ2n) is 6.56. The Kier molecular flexibility index (Phi) is 7.38. The van der Waals surface area contributed by atoms with Crippen LogP contribution >= 0.6 is 11.6 Å². The highest BCUT2D eigenvalue weighted by Crippen LogP contribution is 2.21. The smallest absolute Gasteiger partial charge is 0.331 e. The maximum absolute atomic E-state index is 12.0. The van der Waals surface area contributed by atoms with Crippen LogP contribution in [0, 0.1) is 12.8 Å². The largest absolute Gasteiger partial charge is 0.454 e. The molecule has 2 aromatic rings. The first kappa shape index (κ1) is 20.2. The Morgan fingerprint density at radius 1 is 1.38 bits per heavy atom. The number of carbonyl (C=O) groups is 1. The van der Waals surface area contributed by atoms with Gasteiger partial charge in [-0.2, -0.15) is 10.2 Å². The van der Waals surface area contributed by atoms with Gasteiger partial charge in [0.2, 0.25) is 0 Å². The average Bonchev–Trinajstić information content (AvgIpc) is 3.13. The van der Waals surface area contributed by atoms with Gasteiger partial charge in [0, 0.05) is 24.7 Å². The van der Waals surface area contributed by atoms with Crippen molar-refractivity contribution in [3.05, 3.63) is 34.6 Å². The third kappa shape index (κ3) is 5.42. The summed E-state index contributed by atoms with van der Waals surface area (Å²) in [5, 5.41) is 9.10. The molecule has 0 saturated carbocycles. The highest BCUT2D eigenvalue weighted by atomic mass is 35.5. The Morgan fingerprint density at radius 2 is 2.15 bits per heavy atom. The van der Waals surface area contributed by atoms with Crippen molar-refractivity contribution >= 4 is 23.6 Å². The Labute approximate surface area is 159 Å². The van der Waals surface area contributed by atoms with E-state index in [2.05, 4.69) is 36.0 Å². The van der Waals surface area contributed by atoms with Crippen LogP contribution in [0.15, 0.2) is 12.4 Å². The van der Waals surface area contributed by atoms with Gasteiger partial charge < -0.3 is 4.74 Å². The molecule has 26 heavy (non-hydrogen) atoms. The summed E-state index contributed by atoms with van der Waals surface area (Å²) in [6.45, 7) is 9.74. The standard InChI is InChI=1S/C18H26ClN5O2/c1-5-6-9-23-18(19)15(14(4)22-23)7-8-17(25)26-11-16-20-12-21-24(16)10-13(2)3/h7-8,12-13H,5-6,9-11H2,1-4H3. The van der Waals surface area contributed by atoms with Gasteiger partial charge in [0.05, 0.1) is 5.69 Å². The molecule has 0 spiro atoms. The summed E-state index contributed by atoms with van der Waals surface area (Å²) < 4.78 is 8.78. The molecular formula is C18H26ClN5O2. The van der Waals surface area contributed by atoms with Crippen LogP contribution in [-0.4, -0.2) is 30.5 Å². The summed E-state index contributed by atoms with van der Waals surface area (Å²) in [6.07, 6.45) is 6.55. The Hall–Kier alpha value is -2.15. The van der Waals surface area contributed by atoms with E-state index in [0.29, 0.717) is 16.9 Å². The molecule has 142 valence electrons. The minimum Gasteiger partial charge on any atom is -0.454 e. The molecule has 0 aliphatic heterocycles. The molecule has 8 heteroatoms. The van der Waals surface area contributed by atoms with Crippen molar-refractivity contribution in [2.45, 2.75) is 60.2 Å². The number of unbranched alkanes of at least 4 members (excludes halogenated alkanes) is 1. The molecule has 0 bridgehead atoms. The molecule has 0 aliphatic carbocycles. The molecule has 0 N–H and O–H groups in total. The van der Waals surface area contributed by atoms with Crippen LogP contribution in [0.1, 0.15) is 50.7 Å². The van der Waals surface area contributed by atoms with E-state index >= 15 is 0 Å². The van der Waals surface area contributed by atoms with Gasteiger partial charge in [-0.05, 0) is 25.3 Å². The van der Waals surface area contributed by atoms with Gasteiger partial charge in [0.1, 0.15) is 11.5 Å². The number of esters is 1. The second kappa shape index (κ2) is 9.52. The second-order valence-corrected chi connectivity index (χ2v) is 6.92. The van der Waals surface area contributed by atoms with Gasteiger partial charge >= 0.3 is 5.97 Å². The van der Waals surface area contributed by atoms with Crippen molar-refractivity contribution in [1.29, 1.82) is 0 Å². The maximum Gasteiger partial charge on any atom is 0.331 e. The number of ether oxygens (including phenoxy) is 1. The van der Waals surface area contributed by atoms with Crippen molar-refractivity contribution in [3.63, 3.8) is 0 Å². The normalized spacial score (nSPS) is 11.6. The van der Waals surface area contributed by atoms with Crippen LogP contribution in [0.5, 0.6) is 0 Å². The number of rotatable bonds is 9. The molecule has 7 nitrogen and oxygen atoms in total. The van der Waals surface area contributed by atoms with Gasteiger partial charge in [-0.3, -0.25) is 4.68 Å². The topological polar surface area (TPSA) is 74.8 Å². The number of nitrogens with zero attached hydrogens (tertiary/aromatic N) is 5. The quantitative estimate of drug-likeness (QED) is 0.491. The molecule has 0 unspecified atom stereocenters. The lowest BCUT2D eigenvalue weighted by molar-refractivity contribution is -0.139. The fourth-order valence-corrected chi connectivity index (χ4v) is 2.77. The summed E-state index contributed by atoms with van der Waals surface area (Å²) in [7, 11) is 0. The van der Waals surface area contributed by atoms with Gasteiger partial charge in [-0.25, -0.2) is 14.5 Å². The zero-order valence-electron chi connectivity index (χ0n) is 15.8. The van der Waals surface area contributed by atoms with Gasteiger partial charge in [-0.1, -0.05) is 38.8 Å². The monoisotopic (exact) mass is 379 g/mol. The lowest BCUT2D eigenvalue weighted by atomic mass is 10.2. The molecular weight excluding hydrogens is 354 g/mol. The third-order valence-corrected chi connectivity index (χ3v) is 4.19. The minimum atomic E-state index is -0.458. The highest BCUT2D eigenvalue weighted by Gasteiger charge is 2.12. The number of hydrogen-bond acceptors (Lipinski definition) is 5. The van der Waals surface area contributed by atoms with E-state index in [4.69, 9.17) is 16.3 Å². The molecule has 0 saturated heterocycles. The predicted octanol–water partition coefficient (Wildman–Crippen LogP) is 3.65. The fraction of sp³-hybridized carbons (Fsp3) is 0.556. The molecule has 0 aliphatic rings. The van der Waals surface area contributed by atoms with Gasteiger partial charge in [0.15, 0.2) is 12.4 Å². The van der Waals surface area contributed by atoms with Crippen molar-refractivity contribution in [2.24, 2.45) is 5.92 Å². The molecule has 2 aromatic heterocycles. The first-order valence-electron chi connectivity index (χ1n) is 8.86. The van der Waals surface area contributed by atoms with Crippen molar-refractivity contribution in [1.82, 2.24) is 24.5 Å². The molecule has 2 rings (SSSR count). The number of aryl methyl sites for hydroxylation is 2. The van der Waals surface area contributed by atoms with Crippen LogP contribution in [0.4, 0.5) is 0 Å². The lowest BCUT2D eigenvalue weighted by Gasteiger charge is -2.08. The lowest BCUT2D eigenvalue weighted by Crippen LogP contribution is -2.12. The summed E-state index contributed by atoms with van der Waals surface area (Å²) in [6, 6.07) is 0. The van der Waals surface area contributed by atoms with Gasteiger partial charge in [0.25, 0.3) is 0 Å².